The maximum absolute atomic E-state index is 13.2. The Morgan fingerprint density at radius 3 is 2.50 bits per heavy atom. The highest BCUT2D eigenvalue weighted by atomic mass is 16.2. The molecule has 0 bridgehead atoms. The van der Waals surface area contributed by atoms with E-state index < -0.39 is 0 Å². The van der Waals surface area contributed by atoms with Gasteiger partial charge in [-0.1, -0.05) is 50.2 Å². The number of fused-ring (bicyclic) bond motifs is 2. The second-order valence-corrected chi connectivity index (χ2v) is 9.35. The van der Waals surface area contributed by atoms with E-state index in [0.29, 0.717) is 17.2 Å². The molecule has 0 fully saturated rings. The van der Waals surface area contributed by atoms with E-state index in [9.17, 15) is 9.59 Å². The number of aryl methyl sites for hydroxylation is 1. The van der Waals surface area contributed by atoms with Crippen molar-refractivity contribution >= 4 is 34.3 Å². The normalized spacial score (nSPS) is 12.2. The first kappa shape index (κ1) is 23.3. The molecule has 0 unspecified atom stereocenters. The van der Waals surface area contributed by atoms with Crippen molar-refractivity contribution < 1.29 is 14.1 Å². The fourth-order valence-corrected chi connectivity index (χ4v) is 4.27. The molecule has 3 N–H and O–H groups in total. The molecule has 1 atom stereocenters. The van der Waals surface area contributed by atoms with Crippen molar-refractivity contribution in [3.05, 3.63) is 84.2 Å². The second-order valence-electron chi connectivity index (χ2n) is 9.35. The van der Waals surface area contributed by atoms with Crippen LogP contribution in [-0.4, -0.2) is 26.5 Å². The fourth-order valence-electron chi connectivity index (χ4n) is 4.27. The van der Waals surface area contributed by atoms with Gasteiger partial charge in [0.15, 0.2) is 0 Å². The molecule has 3 heterocycles. The number of aromatic amines is 1. The van der Waals surface area contributed by atoms with Crippen molar-refractivity contribution in [3.8, 4) is 11.1 Å². The summed E-state index contributed by atoms with van der Waals surface area (Å²) in [6, 6.07) is 19.8. The number of nitrogens with one attached hydrogen (secondary N) is 3. The van der Waals surface area contributed by atoms with Crippen LogP contribution >= 0.6 is 0 Å². The summed E-state index contributed by atoms with van der Waals surface area (Å²) in [4.78, 5) is 29.8. The fraction of sp³-hybridized carbons (Fsp3) is 0.214. The molecular formula is C28H29N6O2+. The molecular weight excluding hydrogens is 452 g/mol. The van der Waals surface area contributed by atoms with E-state index in [2.05, 4.69) is 20.7 Å². The summed E-state index contributed by atoms with van der Waals surface area (Å²) in [5.41, 5.74) is 5.27. The Labute approximate surface area is 209 Å². The number of rotatable bonds is 6. The maximum Gasteiger partial charge on any atom is 0.355 e. The molecule has 5 aromatic rings. The number of hydrogen-bond donors (Lipinski definition) is 3. The van der Waals surface area contributed by atoms with Crippen LogP contribution in [0.2, 0.25) is 0 Å². The summed E-state index contributed by atoms with van der Waals surface area (Å²) < 4.78 is 3.72. The van der Waals surface area contributed by atoms with Gasteiger partial charge >= 0.3 is 11.6 Å². The number of amides is 2. The van der Waals surface area contributed by atoms with Crippen molar-refractivity contribution in [1.29, 1.82) is 0 Å². The van der Waals surface area contributed by atoms with Crippen molar-refractivity contribution in [2.45, 2.75) is 26.8 Å². The average Bonchev–Trinajstić information content (AvgIpc) is 3.43. The summed E-state index contributed by atoms with van der Waals surface area (Å²) in [7, 11) is 1.94. The quantitative estimate of drug-likeness (QED) is 0.314. The lowest BCUT2D eigenvalue weighted by Gasteiger charge is -2.14. The van der Waals surface area contributed by atoms with Crippen LogP contribution in [0.5, 0.6) is 0 Å². The van der Waals surface area contributed by atoms with E-state index in [1.54, 1.807) is 4.52 Å². The molecule has 0 aliphatic heterocycles. The number of anilines is 1. The van der Waals surface area contributed by atoms with Crippen molar-refractivity contribution in [1.82, 2.24) is 20.0 Å². The molecule has 0 saturated carbocycles. The Kier molecular flexibility index (Phi) is 6.01. The predicted molar refractivity (Wildman–Crippen MR) is 139 cm³/mol. The number of nitrogens with zero attached hydrogens (tertiary/aromatic N) is 3. The van der Waals surface area contributed by atoms with Gasteiger partial charge < -0.3 is 9.88 Å². The molecule has 2 amide bonds. The molecule has 182 valence electrons. The Balaban J connectivity index is 1.46. The maximum atomic E-state index is 13.2. The van der Waals surface area contributed by atoms with Crippen molar-refractivity contribution in [3.63, 3.8) is 0 Å². The summed E-state index contributed by atoms with van der Waals surface area (Å²) >= 11 is 0. The molecule has 36 heavy (non-hydrogen) atoms. The Morgan fingerprint density at radius 1 is 1.00 bits per heavy atom. The lowest BCUT2D eigenvalue weighted by Crippen LogP contribution is -2.26. The standard InChI is InChI=1S/C28H28N6O2/c1-17(2)26(35)31-28-30-25-15-21(12-13-34(25)32-28)20-10-11-24-22(14-20)23(16-33(24)4)27(36)29-18(3)19-8-6-5-7-9-19/h5-18H,1-4H3,(H2,29,31,32,35,36)/p+1/t18-/m0/s1. The molecule has 0 spiro atoms. The van der Waals surface area contributed by atoms with Gasteiger partial charge in [-0.05, 0) is 41.8 Å². The van der Waals surface area contributed by atoms with Gasteiger partial charge in [-0.15, -0.1) is 4.52 Å². The highest BCUT2D eigenvalue weighted by Crippen LogP contribution is 2.28. The third-order valence-electron chi connectivity index (χ3n) is 6.37. The molecule has 3 aromatic heterocycles. The number of aromatic nitrogens is 4. The third kappa shape index (κ3) is 4.45. The smallest absolute Gasteiger partial charge is 0.350 e. The van der Waals surface area contributed by atoms with Crippen LogP contribution in [0.4, 0.5) is 5.95 Å². The van der Waals surface area contributed by atoms with Gasteiger partial charge in [-0.3, -0.25) is 14.9 Å². The van der Waals surface area contributed by atoms with Gasteiger partial charge in [0.2, 0.25) is 5.91 Å². The van der Waals surface area contributed by atoms with E-state index >= 15 is 0 Å². The molecule has 0 radical (unpaired) electrons. The molecule has 0 aliphatic carbocycles. The monoisotopic (exact) mass is 481 g/mol. The zero-order valence-corrected chi connectivity index (χ0v) is 20.7. The summed E-state index contributed by atoms with van der Waals surface area (Å²) in [6.45, 7) is 5.65. The summed E-state index contributed by atoms with van der Waals surface area (Å²) in [5.74, 6) is 0.0454. The minimum absolute atomic E-state index is 0.100. The highest BCUT2D eigenvalue weighted by molar-refractivity contribution is 6.08. The van der Waals surface area contributed by atoms with Crippen molar-refractivity contribution in [2.75, 3.05) is 5.32 Å². The van der Waals surface area contributed by atoms with E-state index in [-0.39, 0.29) is 23.8 Å². The first-order chi connectivity index (χ1) is 17.3. The van der Waals surface area contributed by atoms with Crippen LogP contribution in [-0.2, 0) is 11.8 Å². The lowest BCUT2D eigenvalue weighted by atomic mass is 10.0. The minimum atomic E-state index is -0.140. The lowest BCUT2D eigenvalue weighted by molar-refractivity contribution is -0.576. The van der Waals surface area contributed by atoms with Crippen LogP contribution in [0, 0.1) is 5.92 Å². The van der Waals surface area contributed by atoms with Crippen LogP contribution in [0.25, 0.3) is 27.7 Å². The summed E-state index contributed by atoms with van der Waals surface area (Å²) in [5, 5.41) is 9.86. The van der Waals surface area contributed by atoms with Gasteiger partial charge in [-0.25, -0.2) is 0 Å². The van der Waals surface area contributed by atoms with Crippen LogP contribution in [0.3, 0.4) is 0 Å². The van der Waals surface area contributed by atoms with E-state index in [0.717, 1.165) is 27.6 Å². The zero-order chi connectivity index (χ0) is 25.4. The van der Waals surface area contributed by atoms with Crippen LogP contribution < -0.4 is 15.1 Å². The van der Waals surface area contributed by atoms with E-state index in [1.807, 2.05) is 105 Å². The van der Waals surface area contributed by atoms with Crippen molar-refractivity contribution in [2.24, 2.45) is 13.0 Å². The molecule has 0 aliphatic rings. The molecule has 8 heteroatoms. The number of pyridine rings is 1. The van der Waals surface area contributed by atoms with Gasteiger partial charge in [-0.2, -0.15) is 5.10 Å². The van der Waals surface area contributed by atoms with Gasteiger partial charge in [0.05, 0.1) is 11.6 Å². The minimum Gasteiger partial charge on any atom is -0.350 e. The Hall–Kier alpha value is -4.46. The number of carbonyl (C=O) groups is 2. The third-order valence-corrected chi connectivity index (χ3v) is 6.37. The summed E-state index contributed by atoms with van der Waals surface area (Å²) in [6.07, 6.45) is 3.74. The van der Waals surface area contributed by atoms with Gasteiger partial charge in [0.25, 0.3) is 5.91 Å². The van der Waals surface area contributed by atoms with Crippen LogP contribution in [0.1, 0.15) is 42.7 Å². The highest BCUT2D eigenvalue weighted by Gasteiger charge is 2.20. The van der Waals surface area contributed by atoms with Gasteiger partial charge in [0.1, 0.15) is 6.20 Å². The predicted octanol–water partition coefficient (Wildman–Crippen LogP) is 4.39. The molecule has 2 aromatic carbocycles. The molecule has 5 rings (SSSR count). The largest absolute Gasteiger partial charge is 0.355 e. The second kappa shape index (κ2) is 9.30. The number of carbonyl (C=O) groups excluding carboxylic acids is 2. The Bertz CT molecular complexity index is 1580. The van der Waals surface area contributed by atoms with E-state index in [4.69, 9.17) is 0 Å². The first-order valence-electron chi connectivity index (χ1n) is 12.0. The first-order valence-corrected chi connectivity index (χ1v) is 12.0. The number of hydrogen-bond acceptors (Lipinski definition) is 3. The topological polar surface area (TPSA) is 95.9 Å². The van der Waals surface area contributed by atoms with Crippen LogP contribution in [0.15, 0.2) is 73.1 Å². The zero-order valence-electron chi connectivity index (χ0n) is 20.7. The van der Waals surface area contributed by atoms with E-state index in [1.165, 1.54) is 0 Å². The molecule has 0 saturated heterocycles. The Morgan fingerprint density at radius 2 is 1.75 bits per heavy atom. The SMILES string of the molecule is CC(C)C(=O)Nc1nc2cc(-c3ccc4c(c3)c(C(=O)N[C@@H](C)c3ccccc3)cn4C)cc[n+]2[nH]1. The molecule has 8 nitrogen and oxygen atoms in total. The number of benzene rings is 2. The number of H-pyrrole nitrogens is 1. The van der Waals surface area contributed by atoms with Gasteiger partial charge in [0, 0.05) is 41.1 Å². The average molecular weight is 482 g/mol.